The van der Waals surface area contributed by atoms with Gasteiger partial charge in [-0.25, -0.2) is 4.21 Å². The quantitative estimate of drug-likeness (QED) is 0.842. The van der Waals surface area contributed by atoms with Crippen LogP contribution in [-0.4, -0.2) is 8.76 Å². The van der Waals surface area contributed by atoms with Crippen molar-refractivity contribution < 1.29 is 8.76 Å². The lowest BCUT2D eigenvalue weighted by Gasteiger charge is -2.07. The van der Waals surface area contributed by atoms with Gasteiger partial charge in [0, 0.05) is 0 Å². The van der Waals surface area contributed by atoms with E-state index in [2.05, 4.69) is 19.1 Å². The molecule has 0 aromatic heterocycles. The summed E-state index contributed by atoms with van der Waals surface area (Å²) in [4.78, 5) is 0.433. The van der Waals surface area contributed by atoms with E-state index in [4.69, 9.17) is 4.55 Å². The molecular formula is C14H14O2S. The minimum Gasteiger partial charge on any atom is -0.302 e. The molecule has 2 rings (SSSR count). The monoisotopic (exact) mass is 246 g/mol. The highest BCUT2D eigenvalue weighted by Crippen LogP contribution is 2.24. The number of hydrogen-bond donors (Lipinski definition) is 1. The molecule has 0 aliphatic carbocycles. The third kappa shape index (κ3) is 2.62. The molecule has 1 N–H and O–H groups in total. The lowest BCUT2D eigenvalue weighted by molar-refractivity contribution is 0.564. The molecule has 0 saturated carbocycles. The molecule has 0 amide bonds. The van der Waals surface area contributed by atoms with Gasteiger partial charge in [-0.1, -0.05) is 43.3 Å². The Kier molecular flexibility index (Phi) is 3.71. The van der Waals surface area contributed by atoms with E-state index in [0.717, 1.165) is 12.0 Å². The third-order valence-corrected chi connectivity index (χ3v) is 3.44. The van der Waals surface area contributed by atoms with E-state index in [-0.39, 0.29) is 0 Å². The number of hydrogen-bond acceptors (Lipinski definition) is 1. The topological polar surface area (TPSA) is 37.3 Å². The molecule has 0 fully saturated rings. The zero-order valence-electron chi connectivity index (χ0n) is 9.59. The summed E-state index contributed by atoms with van der Waals surface area (Å²) in [5.41, 5.74) is 3.55. The maximum atomic E-state index is 10.9. The first-order chi connectivity index (χ1) is 8.22. The number of rotatable bonds is 3. The molecule has 1 unspecified atom stereocenters. The second-order valence-electron chi connectivity index (χ2n) is 3.78. The normalized spacial score (nSPS) is 12.4. The van der Waals surface area contributed by atoms with Crippen LogP contribution in [0, 0.1) is 0 Å². The first-order valence-electron chi connectivity index (χ1n) is 5.51. The SMILES string of the molecule is CCc1ccccc1-c1ccc(S(=O)O)cc1. The van der Waals surface area contributed by atoms with E-state index in [9.17, 15) is 4.21 Å². The van der Waals surface area contributed by atoms with Crippen molar-refractivity contribution in [2.24, 2.45) is 0 Å². The summed E-state index contributed by atoms with van der Waals surface area (Å²) in [7, 11) is 0. The Hall–Kier alpha value is -1.45. The van der Waals surface area contributed by atoms with Crippen molar-refractivity contribution in [2.75, 3.05) is 0 Å². The fraction of sp³-hybridized carbons (Fsp3) is 0.143. The molecule has 0 spiro atoms. The van der Waals surface area contributed by atoms with E-state index in [0.29, 0.717) is 4.90 Å². The van der Waals surface area contributed by atoms with Crippen LogP contribution in [-0.2, 0) is 17.5 Å². The maximum absolute atomic E-state index is 10.9. The molecule has 88 valence electrons. The summed E-state index contributed by atoms with van der Waals surface area (Å²) in [6.07, 6.45) is 0.976. The number of aryl methyl sites for hydroxylation is 1. The predicted octanol–water partition coefficient (Wildman–Crippen LogP) is 3.50. The first kappa shape index (κ1) is 12.0. The van der Waals surface area contributed by atoms with Crippen molar-refractivity contribution in [3.63, 3.8) is 0 Å². The van der Waals surface area contributed by atoms with E-state index in [1.807, 2.05) is 24.3 Å². The molecule has 1 atom stereocenters. The minimum atomic E-state index is -1.90. The predicted molar refractivity (Wildman–Crippen MR) is 70.3 cm³/mol. The standard InChI is InChI=1S/C14H14O2S/c1-2-11-5-3-4-6-14(11)12-7-9-13(10-8-12)17(15)16/h3-10H,2H2,1H3,(H,15,16). The Morgan fingerprint density at radius 1 is 1.06 bits per heavy atom. The smallest absolute Gasteiger partial charge is 0.186 e. The van der Waals surface area contributed by atoms with Crippen LogP contribution in [0.15, 0.2) is 53.4 Å². The van der Waals surface area contributed by atoms with Crippen LogP contribution in [0.25, 0.3) is 11.1 Å². The molecule has 2 aromatic rings. The molecule has 2 aromatic carbocycles. The highest BCUT2D eigenvalue weighted by molar-refractivity contribution is 7.79. The zero-order chi connectivity index (χ0) is 12.3. The Balaban J connectivity index is 2.43. The number of benzene rings is 2. The van der Waals surface area contributed by atoms with Crippen LogP contribution in [0.1, 0.15) is 12.5 Å². The summed E-state index contributed by atoms with van der Waals surface area (Å²) in [6.45, 7) is 2.12. The van der Waals surface area contributed by atoms with Gasteiger partial charge in [-0.05, 0) is 35.2 Å². The van der Waals surface area contributed by atoms with Gasteiger partial charge in [-0.15, -0.1) is 0 Å². The van der Waals surface area contributed by atoms with Crippen molar-refractivity contribution in [2.45, 2.75) is 18.2 Å². The van der Waals surface area contributed by atoms with Crippen LogP contribution < -0.4 is 0 Å². The second kappa shape index (κ2) is 5.25. The third-order valence-electron chi connectivity index (χ3n) is 2.77. The molecule has 0 aliphatic rings. The fourth-order valence-corrected chi connectivity index (χ4v) is 2.23. The summed E-state index contributed by atoms with van der Waals surface area (Å²) in [5, 5.41) is 0. The van der Waals surface area contributed by atoms with E-state index in [1.54, 1.807) is 12.1 Å². The van der Waals surface area contributed by atoms with Crippen LogP contribution in [0.3, 0.4) is 0 Å². The van der Waals surface area contributed by atoms with Crippen LogP contribution in [0.4, 0.5) is 0 Å². The van der Waals surface area contributed by atoms with Crippen LogP contribution >= 0.6 is 0 Å². The van der Waals surface area contributed by atoms with Crippen LogP contribution in [0.5, 0.6) is 0 Å². The zero-order valence-corrected chi connectivity index (χ0v) is 10.4. The lowest BCUT2D eigenvalue weighted by Crippen LogP contribution is -1.90. The molecule has 0 bridgehead atoms. The Morgan fingerprint density at radius 3 is 2.29 bits per heavy atom. The average molecular weight is 246 g/mol. The van der Waals surface area contributed by atoms with Gasteiger partial charge in [0.2, 0.25) is 0 Å². The van der Waals surface area contributed by atoms with Crippen molar-refractivity contribution in [3.8, 4) is 11.1 Å². The Bertz CT molecular complexity index is 532. The van der Waals surface area contributed by atoms with Gasteiger partial charge in [-0.2, -0.15) is 0 Å². The Morgan fingerprint density at radius 2 is 1.71 bits per heavy atom. The van der Waals surface area contributed by atoms with Gasteiger partial charge in [0.05, 0.1) is 4.90 Å². The minimum absolute atomic E-state index is 0.433. The van der Waals surface area contributed by atoms with Gasteiger partial charge >= 0.3 is 0 Å². The average Bonchev–Trinajstić information content (AvgIpc) is 2.39. The maximum Gasteiger partial charge on any atom is 0.186 e. The van der Waals surface area contributed by atoms with Gasteiger partial charge in [0.1, 0.15) is 0 Å². The molecule has 17 heavy (non-hydrogen) atoms. The van der Waals surface area contributed by atoms with Gasteiger partial charge in [-0.3, -0.25) is 0 Å². The first-order valence-corrected chi connectivity index (χ1v) is 6.62. The molecule has 0 saturated heterocycles. The largest absolute Gasteiger partial charge is 0.302 e. The molecule has 0 aliphatic heterocycles. The highest BCUT2D eigenvalue weighted by Gasteiger charge is 2.04. The van der Waals surface area contributed by atoms with E-state index in [1.165, 1.54) is 11.1 Å². The van der Waals surface area contributed by atoms with Gasteiger partial charge < -0.3 is 4.55 Å². The van der Waals surface area contributed by atoms with E-state index >= 15 is 0 Å². The summed E-state index contributed by atoms with van der Waals surface area (Å²) >= 11 is -1.90. The molecule has 2 nitrogen and oxygen atoms in total. The van der Waals surface area contributed by atoms with Crippen molar-refractivity contribution in [1.29, 1.82) is 0 Å². The summed E-state index contributed by atoms with van der Waals surface area (Å²) < 4.78 is 19.8. The molecular weight excluding hydrogens is 232 g/mol. The second-order valence-corrected chi connectivity index (χ2v) is 4.75. The van der Waals surface area contributed by atoms with Gasteiger partial charge in [0.15, 0.2) is 11.1 Å². The molecule has 3 heteroatoms. The Labute approximate surface area is 104 Å². The highest BCUT2D eigenvalue weighted by atomic mass is 32.2. The lowest BCUT2D eigenvalue weighted by atomic mass is 9.98. The fourth-order valence-electron chi connectivity index (χ4n) is 1.86. The van der Waals surface area contributed by atoms with Gasteiger partial charge in [0.25, 0.3) is 0 Å². The molecule has 0 radical (unpaired) electrons. The summed E-state index contributed by atoms with van der Waals surface area (Å²) in [6, 6.07) is 15.4. The van der Waals surface area contributed by atoms with Crippen molar-refractivity contribution >= 4 is 11.1 Å². The summed E-state index contributed by atoms with van der Waals surface area (Å²) in [5.74, 6) is 0. The van der Waals surface area contributed by atoms with Crippen molar-refractivity contribution in [3.05, 3.63) is 54.1 Å². The van der Waals surface area contributed by atoms with Crippen LogP contribution in [0.2, 0.25) is 0 Å². The van der Waals surface area contributed by atoms with E-state index < -0.39 is 11.1 Å². The molecule has 0 heterocycles. The van der Waals surface area contributed by atoms with Crippen molar-refractivity contribution in [1.82, 2.24) is 0 Å².